The van der Waals surface area contributed by atoms with Gasteiger partial charge < -0.3 is 10.1 Å². The van der Waals surface area contributed by atoms with Crippen LogP contribution in [0.3, 0.4) is 0 Å². The fourth-order valence-electron chi connectivity index (χ4n) is 3.63. The van der Waals surface area contributed by atoms with Crippen molar-refractivity contribution in [1.29, 1.82) is 0 Å². The molecule has 1 amide bonds. The zero-order valence-corrected chi connectivity index (χ0v) is 16.1. The maximum absolute atomic E-state index is 12.2. The molecule has 1 aliphatic carbocycles. The summed E-state index contributed by atoms with van der Waals surface area (Å²) in [6, 6.07) is 9.05. The first kappa shape index (κ1) is 19.1. The van der Waals surface area contributed by atoms with Gasteiger partial charge in [0.05, 0.1) is 11.3 Å². The van der Waals surface area contributed by atoms with Crippen LogP contribution in [0.25, 0.3) is 5.69 Å². The fourth-order valence-corrected chi connectivity index (χ4v) is 3.63. The molecule has 3 atom stereocenters. The Morgan fingerprint density at radius 2 is 1.93 bits per heavy atom. The first-order chi connectivity index (χ1) is 13.0. The average molecular weight is 369 g/mol. The van der Waals surface area contributed by atoms with Crippen LogP contribution in [0.2, 0.25) is 0 Å². The second-order valence-corrected chi connectivity index (χ2v) is 7.45. The minimum absolute atomic E-state index is 0.163. The number of carbonyl (C=O) groups excluding carboxylic acids is 2. The maximum atomic E-state index is 12.2. The van der Waals surface area contributed by atoms with Gasteiger partial charge in [-0.1, -0.05) is 26.7 Å². The Morgan fingerprint density at radius 1 is 1.19 bits per heavy atom. The Morgan fingerprint density at radius 3 is 2.59 bits per heavy atom. The largest absolute Gasteiger partial charge is 0.452 e. The summed E-state index contributed by atoms with van der Waals surface area (Å²) in [5.41, 5.74) is 2.29. The second-order valence-electron chi connectivity index (χ2n) is 7.45. The van der Waals surface area contributed by atoms with E-state index >= 15 is 0 Å². The molecule has 0 spiro atoms. The molecule has 6 heteroatoms. The topological polar surface area (TPSA) is 73.2 Å². The zero-order valence-electron chi connectivity index (χ0n) is 16.1. The summed E-state index contributed by atoms with van der Waals surface area (Å²) in [4.78, 5) is 24.3. The number of aryl methyl sites for hydroxylation is 1. The lowest BCUT2D eigenvalue weighted by molar-refractivity contribution is -0.125. The number of nitrogens with one attached hydrogen (secondary N) is 1. The van der Waals surface area contributed by atoms with Crippen LogP contribution < -0.4 is 5.32 Å². The highest BCUT2D eigenvalue weighted by atomic mass is 16.5. The highest BCUT2D eigenvalue weighted by molar-refractivity contribution is 5.91. The summed E-state index contributed by atoms with van der Waals surface area (Å²) < 4.78 is 6.96. The number of benzene rings is 1. The molecule has 1 fully saturated rings. The molecule has 3 rings (SSSR count). The third-order valence-electron chi connectivity index (χ3n) is 5.57. The molecule has 2 aromatic rings. The molecular weight excluding hydrogens is 342 g/mol. The molecule has 0 bridgehead atoms. The van der Waals surface area contributed by atoms with Crippen LogP contribution in [0.15, 0.2) is 36.5 Å². The number of hydrogen-bond acceptors (Lipinski definition) is 4. The van der Waals surface area contributed by atoms with Crippen molar-refractivity contribution in [1.82, 2.24) is 15.1 Å². The van der Waals surface area contributed by atoms with Gasteiger partial charge in [-0.3, -0.25) is 4.79 Å². The zero-order chi connectivity index (χ0) is 19.4. The number of carbonyl (C=O) groups is 2. The summed E-state index contributed by atoms with van der Waals surface area (Å²) in [5, 5.41) is 7.25. The Balaban J connectivity index is 1.51. The number of hydrogen-bond donors (Lipinski definition) is 1. The molecule has 1 N–H and O–H groups in total. The van der Waals surface area contributed by atoms with Gasteiger partial charge in [0.25, 0.3) is 5.91 Å². The number of esters is 1. The van der Waals surface area contributed by atoms with Crippen molar-refractivity contribution >= 4 is 11.9 Å². The van der Waals surface area contributed by atoms with Gasteiger partial charge in [0.2, 0.25) is 0 Å². The normalized spacial score (nSPS) is 22.3. The van der Waals surface area contributed by atoms with Gasteiger partial charge in [0.15, 0.2) is 6.61 Å². The molecule has 1 aliphatic rings. The lowest BCUT2D eigenvalue weighted by atomic mass is 9.78. The minimum Gasteiger partial charge on any atom is -0.452 e. The first-order valence-electron chi connectivity index (χ1n) is 9.53. The van der Waals surface area contributed by atoms with Crippen molar-refractivity contribution in [3.05, 3.63) is 47.8 Å². The summed E-state index contributed by atoms with van der Waals surface area (Å²) in [5.74, 6) is 0.303. The van der Waals surface area contributed by atoms with E-state index in [1.807, 2.05) is 25.1 Å². The van der Waals surface area contributed by atoms with Crippen LogP contribution in [0.4, 0.5) is 0 Å². The highest BCUT2D eigenvalue weighted by Crippen LogP contribution is 2.29. The van der Waals surface area contributed by atoms with Crippen molar-refractivity contribution in [3.63, 3.8) is 0 Å². The van der Waals surface area contributed by atoms with E-state index in [2.05, 4.69) is 24.3 Å². The number of nitrogens with zero attached hydrogens (tertiary/aromatic N) is 2. The summed E-state index contributed by atoms with van der Waals surface area (Å²) >= 11 is 0. The molecular formula is C21H27N3O3. The maximum Gasteiger partial charge on any atom is 0.338 e. The van der Waals surface area contributed by atoms with Crippen LogP contribution >= 0.6 is 0 Å². The van der Waals surface area contributed by atoms with E-state index in [-0.39, 0.29) is 18.6 Å². The molecule has 0 radical (unpaired) electrons. The lowest BCUT2D eigenvalue weighted by Gasteiger charge is -2.34. The first-order valence-corrected chi connectivity index (χ1v) is 9.53. The van der Waals surface area contributed by atoms with Gasteiger partial charge in [0.1, 0.15) is 0 Å². The molecule has 1 heterocycles. The van der Waals surface area contributed by atoms with Crippen molar-refractivity contribution in [2.24, 2.45) is 11.8 Å². The van der Waals surface area contributed by atoms with E-state index in [1.165, 1.54) is 6.42 Å². The van der Waals surface area contributed by atoms with Gasteiger partial charge in [-0.15, -0.1) is 0 Å². The molecule has 6 nitrogen and oxygen atoms in total. The molecule has 27 heavy (non-hydrogen) atoms. The predicted octanol–water partition coefficient (Wildman–Crippen LogP) is 3.28. The quantitative estimate of drug-likeness (QED) is 0.821. The van der Waals surface area contributed by atoms with Crippen LogP contribution in [-0.4, -0.2) is 34.3 Å². The molecule has 0 unspecified atom stereocenters. The van der Waals surface area contributed by atoms with Gasteiger partial charge in [-0.25, -0.2) is 9.48 Å². The third kappa shape index (κ3) is 4.56. The average Bonchev–Trinajstić information content (AvgIpc) is 3.09. The number of ether oxygens (including phenoxy) is 1. The summed E-state index contributed by atoms with van der Waals surface area (Å²) in [6.45, 7) is 6.10. The van der Waals surface area contributed by atoms with E-state index in [0.717, 1.165) is 24.2 Å². The third-order valence-corrected chi connectivity index (χ3v) is 5.57. The van der Waals surface area contributed by atoms with Gasteiger partial charge in [-0.2, -0.15) is 5.10 Å². The van der Waals surface area contributed by atoms with Gasteiger partial charge in [-0.05, 0) is 55.5 Å². The molecule has 0 aliphatic heterocycles. The fraction of sp³-hybridized carbons (Fsp3) is 0.476. The molecule has 1 saturated carbocycles. The van der Waals surface area contributed by atoms with E-state index in [1.54, 1.807) is 23.0 Å². The smallest absolute Gasteiger partial charge is 0.338 e. The standard InChI is InChI=1S/C21H27N3O3/c1-14-5-4-6-19(16(14)3)23-20(25)13-27-21(26)17-7-9-18(10-8-17)24-15(2)11-12-22-24/h7-12,14,16,19H,4-6,13H2,1-3H3,(H,23,25)/t14-,16+,19+/m1/s1. The Labute approximate surface area is 159 Å². The lowest BCUT2D eigenvalue weighted by Crippen LogP contribution is -2.45. The van der Waals surface area contributed by atoms with Crippen molar-refractivity contribution in [3.8, 4) is 5.69 Å². The van der Waals surface area contributed by atoms with E-state index in [9.17, 15) is 9.59 Å². The molecule has 1 aromatic heterocycles. The van der Waals surface area contributed by atoms with E-state index in [4.69, 9.17) is 4.74 Å². The Bertz CT molecular complexity index is 797. The highest BCUT2D eigenvalue weighted by Gasteiger charge is 2.28. The monoisotopic (exact) mass is 369 g/mol. The van der Waals surface area contributed by atoms with Crippen molar-refractivity contribution in [2.75, 3.05) is 6.61 Å². The predicted molar refractivity (Wildman–Crippen MR) is 103 cm³/mol. The van der Waals surface area contributed by atoms with Crippen LogP contribution in [0, 0.1) is 18.8 Å². The summed E-state index contributed by atoms with van der Waals surface area (Å²) in [7, 11) is 0. The summed E-state index contributed by atoms with van der Waals surface area (Å²) in [6.07, 6.45) is 5.04. The second kappa shape index (κ2) is 8.37. The number of amides is 1. The number of aromatic nitrogens is 2. The SMILES string of the molecule is Cc1ccnn1-c1ccc(C(=O)OCC(=O)N[C@H]2CCC[C@@H](C)[C@@H]2C)cc1. The number of rotatable bonds is 5. The Kier molecular flexibility index (Phi) is 5.94. The van der Waals surface area contributed by atoms with Crippen LogP contribution in [-0.2, 0) is 9.53 Å². The molecule has 0 saturated heterocycles. The van der Waals surface area contributed by atoms with Crippen LogP contribution in [0.5, 0.6) is 0 Å². The van der Waals surface area contributed by atoms with Crippen LogP contribution in [0.1, 0.15) is 49.2 Å². The van der Waals surface area contributed by atoms with Crippen molar-refractivity contribution < 1.29 is 14.3 Å². The van der Waals surface area contributed by atoms with Gasteiger partial charge >= 0.3 is 5.97 Å². The minimum atomic E-state index is -0.501. The van der Waals surface area contributed by atoms with Crippen molar-refractivity contribution in [2.45, 2.75) is 46.1 Å². The molecule has 144 valence electrons. The van der Waals surface area contributed by atoms with Gasteiger partial charge in [0, 0.05) is 17.9 Å². The Hall–Kier alpha value is -2.63. The van der Waals surface area contributed by atoms with E-state index < -0.39 is 5.97 Å². The molecule has 1 aromatic carbocycles. The van der Waals surface area contributed by atoms with E-state index in [0.29, 0.717) is 17.4 Å².